The first-order valence-electron chi connectivity index (χ1n) is 11.5. The number of hydrogen-bond acceptors (Lipinski definition) is 5. The lowest BCUT2D eigenvalue weighted by molar-refractivity contribution is -0.140. The van der Waals surface area contributed by atoms with Gasteiger partial charge in [0, 0.05) is 41.1 Å². The third kappa shape index (κ3) is 3.50. The van der Waals surface area contributed by atoms with E-state index in [1.165, 1.54) is 22.4 Å². The zero-order chi connectivity index (χ0) is 22.7. The van der Waals surface area contributed by atoms with E-state index in [0.29, 0.717) is 18.5 Å². The molecule has 5 rings (SSSR count). The van der Waals surface area contributed by atoms with Gasteiger partial charge in [0.05, 0.1) is 5.69 Å². The van der Waals surface area contributed by atoms with Crippen molar-refractivity contribution >= 4 is 33.4 Å². The maximum absolute atomic E-state index is 11.3. The Hall–Kier alpha value is -2.12. The zero-order valence-corrected chi connectivity index (χ0v) is 20.8. The molecule has 32 heavy (non-hydrogen) atoms. The first kappa shape index (κ1) is 21.7. The number of aryl methyl sites for hydroxylation is 2. The minimum absolute atomic E-state index is 0.0848. The van der Waals surface area contributed by atoms with E-state index in [9.17, 15) is 9.90 Å². The van der Waals surface area contributed by atoms with Gasteiger partial charge in [-0.3, -0.25) is 9.80 Å². The van der Waals surface area contributed by atoms with E-state index in [1.54, 1.807) is 0 Å². The van der Waals surface area contributed by atoms with Gasteiger partial charge >= 0.3 is 5.97 Å². The van der Waals surface area contributed by atoms with E-state index >= 15 is 0 Å². The van der Waals surface area contributed by atoms with Crippen LogP contribution in [0.5, 0.6) is 0 Å². The maximum Gasteiger partial charge on any atom is 0.303 e. The van der Waals surface area contributed by atoms with Gasteiger partial charge in [-0.15, -0.1) is 0 Å². The number of carbonyl (C=O) groups is 1. The van der Waals surface area contributed by atoms with Crippen LogP contribution >= 0.6 is 15.9 Å². The zero-order valence-electron chi connectivity index (χ0n) is 19.2. The molecule has 1 N–H and O–H groups in total. The molecule has 1 aromatic rings. The number of aliphatic imine (C=N–C) groups is 1. The Morgan fingerprint density at radius 1 is 1.12 bits per heavy atom. The van der Waals surface area contributed by atoms with Gasteiger partial charge in [0.15, 0.2) is 0 Å². The molecule has 7 heteroatoms. The molecule has 4 aliphatic heterocycles. The summed E-state index contributed by atoms with van der Waals surface area (Å²) in [6.45, 7) is 8.65. The summed E-state index contributed by atoms with van der Waals surface area (Å²) < 4.78 is 1.09. The number of fused-ring (bicyclic) bond motifs is 3. The molecular formula is C25H31BrN4O2. The Morgan fingerprint density at radius 2 is 1.75 bits per heavy atom. The number of hydrogen-bond donors (Lipinski definition) is 1. The fourth-order valence-corrected chi connectivity index (χ4v) is 7.03. The summed E-state index contributed by atoms with van der Waals surface area (Å²) in [6, 6.07) is 5.21. The number of amidine groups is 1. The Labute approximate surface area is 198 Å². The first-order valence-corrected chi connectivity index (χ1v) is 12.3. The van der Waals surface area contributed by atoms with Crippen molar-refractivity contribution in [2.75, 3.05) is 4.90 Å². The average Bonchev–Trinajstić information content (AvgIpc) is 3.14. The van der Waals surface area contributed by atoms with E-state index in [-0.39, 0.29) is 12.0 Å². The summed E-state index contributed by atoms with van der Waals surface area (Å²) in [5, 5.41) is 14.4. The summed E-state index contributed by atoms with van der Waals surface area (Å²) in [5.74, 6) is 0.665. The normalized spacial score (nSPS) is 29.6. The van der Waals surface area contributed by atoms with Crippen molar-refractivity contribution in [1.29, 1.82) is 0 Å². The number of anilines is 1. The second-order valence-corrected chi connectivity index (χ2v) is 10.8. The molecule has 3 atom stereocenters. The van der Waals surface area contributed by atoms with Crippen LogP contribution in [0.4, 0.5) is 5.69 Å². The van der Waals surface area contributed by atoms with E-state index in [1.807, 2.05) is 6.20 Å². The van der Waals surface area contributed by atoms with Crippen LogP contribution in [0.1, 0.15) is 57.1 Å². The van der Waals surface area contributed by atoms with Crippen molar-refractivity contribution in [1.82, 2.24) is 10.0 Å². The Balaban J connectivity index is 1.48. The van der Waals surface area contributed by atoms with E-state index < -0.39 is 5.97 Å². The lowest BCUT2D eigenvalue weighted by Gasteiger charge is -2.50. The minimum Gasteiger partial charge on any atom is -0.481 e. The van der Waals surface area contributed by atoms with Crippen molar-refractivity contribution < 1.29 is 9.90 Å². The van der Waals surface area contributed by atoms with E-state index in [4.69, 9.17) is 4.99 Å². The SMILES string of the molecule is CC1=CN(c2c(C)cc(Br)cc2C)C2=NC=C(C)N(N3C4CCC3CC(CC(=O)O)C4)C12. The first-order chi connectivity index (χ1) is 15.2. The van der Waals surface area contributed by atoms with Crippen LogP contribution in [0.2, 0.25) is 0 Å². The van der Waals surface area contributed by atoms with Crippen LogP contribution in [0.3, 0.4) is 0 Å². The van der Waals surface area contributed by atoms with Gasteiger partial charge in [-0.25, -0.2) is 10.0 Å². The lowest BCUT2D eigenvalue weighted by atomic mass is 9.89. The maximum atomic E-state index is 11.3. The molecular weight excluding hydrogens is 468 g/mol. The summed E-state index contributed by atoms with van der Waals surface area (Å²) in [4.78, 5) is 18.5. The molecule has 3 unspecified atom stereocenters. The van der Waals surface area contributed by atoms with Crippen LogP contribution in [-0.4, -0.2) is 45.1 Å². The van der Waals surface area contributed by atoms with E-state index in [0.717, 1.165) is 41.7 Å². The standard InChI is InChI=1S/C25H31BrN4O2/c1-14-7-19(26)8-15(2)23(14)28-13-16(3)24-25(28)27-12-17(4)29(24)30-20-5-6-21(30)10-18(9-20)11-22(31)32/h7-8,12-13,18,20-21,24H,5-6,9-11H2,1-4H3,(H,31,32). The van der Waals surface area contributed by atoms with Crippen molar-refractivity contribution in [3.8, 4) is 0 Å². The largest absolute Gasteiger partial charge is 0.481 e. The molecule has 2 fully saturated rings. The van der Waals surface area contributed by atoms with Crippen molar-refractivity contribution in [3.05, 3.63) is 51.4 Å². The number of carboxylic acids is 1. The molecule has 0 spiro atoms. The highest BCUT2D eigenvalue weighted by atomic mass is 79.9. The minimum atomic E-state index is -0.670. The van der Waals surface area contributed by atoms with Crippen LogP contribution in [0, 0.1) is 19.8 Å². The highest BCUT2D eigenvalue weighted by Crippen LogP contribution is 2.45. The van der Waals surface area contributed by atoms with Crippen LogP contribution in [0.25, 0.3) is 0 Å². The second kappa shape index (κ2) is 8.03. The Bertz CT molecular complexity index is 1030. The number of benzene rings is 1. The summed E-state index contributed by atoms with van der Waals surface area (Å²) in [5.41, 5.74) is 6.08. The lowest BCUT2D eigenvalue weighted by Crippen LogP contribution is -2.59. The number of aliphatic carboxylic acids is 1. The Morgan fingerprint density at radius 3 is 2.34 bits per heavy atom. The molecule has 0 aliphatic carbocycles. The molecule has 4 aliphatic rings. The third-order valence-corrected chi connectivity index (χ3v) is 7.90. The molecule has 2 bridgehead atoms. The molecule has 6 nitrogen and oxygen atoms in total. The molecule has 0 saturated carbocycles. The number of piperidine rings is 1. The van der Waals surface area contributed by atoms with Crippen LogP contribution < -0.4 is 4.90 Å². The average molecular weight is 499 g/mol. The molecule has 0 radical (unpaired) electrons. The van der Waals surface area contributed by atoms with Crippen molar-refractivity contribution in [2.24, 2.45) is 10.9 Å². The Kier molecular flexibility index (Phi) is 5.45. The number of nitrogens with zero attached hydrogens (tertiary/aromatic N) is 4. The fourth-order valence-electron chi connectivity index (χ4n) is 6.34. The molecule has 4 heterocycles. The summed E-state index contributed by atoms with van der Waals surface area (Å²) in [7, 11) is 0. The number of allylic oxidation sites excluding steroid dienone is 1. The molecule has 1 aromatic carbocycles. The highest BCUT2D eigenvalue weighted by Gasteiger charge is 2.49. The van der Waals surface area contributed by atoms with Crippen LogP contribution in [-0.2, 0) is 4.79 Å². The van der Waals surface area contributed by atoms with Gasteiger partial charge in [-0.2, -0.15) is 0 Å². The monoisotopic (exact) mass is 498 g/mol. The molecule has 0 aromatic heterocycles. The molecule has 2 saturated heterocycles. The van der Waals surface area contributed by atoms with Crippen LogP contribution in [0.15, 0.2) is 45.3 Å². The topological polar surface area (TPSA) is 59.4 Å². The summed E-state index contributed by atoms with van der Waals surface area (Å²) >= 11 is 3.62. The van der Waals surface area contributed by atoms with Crippen molar-refractivity contribution in [3.63, 3.8) is 0 Å². The predicted octanol–water partition coefficient (Wildman–Crippen LogP) is 5.37. The number of rotatable bonds is 4. The van der Waals surface area contributed by atoms with Gasteiger partial charge in [-0.05, 0) is 88.1 Å². The quantitative estimate of drug-likeness (QED) is 0.604. The summed E-state index contributed by atoms with van der Waals surface area (Å²) in [6.07, 6.45) is 8.73. The second-order valence-electron chi connectivity index (χ2n) is 9.84. The van der Waals surface area contributed by atoms with Gasteiger partial charge in [0.2, 0.25) is 0 Å². The van der Waals surface area contributed by atoms with Gasteiger partial charge < -0.3 is 10.0 Å². The number of halogens is 1. The van der Waals surface area contributed by atoms with Crippen molar-refractivity contribution in [2.45, 2.75) is 77.9 Å². The highest BCUT2D eigenvalue weighted by molar-refractivity contribution is 9.10. The third-order valence-electron chi connectivity index (χ3n) is 7.45. The number of hydrazine groups is 1. The molecule has 170 valence electrons. The predicted molar refractivity (Wildman–Crippen MR) is 130 cm³/mol. The smallest absolute Gasteiger partial charge is 0.303 e. The van der Waals surface area contributed by atoms with Gasteiger partial charge in [-0.1, -0.05) is 15.9 Å². The van der Waals surface area contributed by atoms with Gasteiger partial charge in [0.1, 0.15) is 11.9 Å². The molecule has 0 amide bonds. The van der Waals surface area contributed by atoms with E-state index in [2.05, 4.69) is 76.9 Å². The number of carboxylic acid groups (broad SMARTS) is 1. The van der Waals surface area contributed by atoms with Gasteiger partial charge in [0.25, 0.3) is 0 Å². The fraction of sp³-hybridized carbons (Fsp3) is 0.520.